The average Bonchev–Trinajstić information content (AvgIpc) is 3.06. The van der Waals surface area contributed by atoms with Gasteiger partial charge in [0.05, 0.1) is 5.41 Å². The molecule has 0 amide bonds. The van der Waals surface area contributed by atoms with E-state index in [2.05, 4.69) is 37.3 Å². The predicted molar refractivity (Wildman–Crippen MR) is 80.8 cm³/mol. The molecule has 3 unspecified atom stereocenters. The van der Waals surface area contributed by atoms with E-state index in [1.807, 2.05) is 0 Å². The van der Waals surface area contributed by atoms with Crippen molar-refractivity contribution in [1.29, 1.82) is 0 Å². The maximum Gasteiger partial charge on any atom is 0.144 e. The molecule has 104 valence electrons. The maximum absolute atomic E-state index is 12.8. The molecule has 0 radical (unpaired) electrons. The molecular weight excluding hydrogens is 244 g/mol. The molecule has 1 fully saturated rings. The van der Waals surface area contributed by atoms with Crippen LogP contribution in [0.25, 0.3) is 0 Å². The lowest BCUT2D eigenvalue weighted by Gasteiger charge is -2.39. The van der Waals surface area contributed by atoms with E-state index in [1.165, 1.54) is 29.5 Å². The molecule has 3 atom stereocenters. The van der Waals surface area contributed by atoms with Crippen LogP contribution in [0, 0.1) is 11.8 Å². The molecule has 1 nitrogen and oxygen atoms in total. The Balaban J connectivity index is 1.87. The number of hydrogen-bond acceptors (Lipinski definition) is 1. The standard InChI is InChI=1S/C19H22O/c1-2-3-13-4-6-15-7-9-18(20)19(17(15)11-13)12-14-5-8-16(19)10-14/h4-6,8,11,14,16H,2-3,7,9-10,12H2,1H3. The van der Waals surface area contributed by atoms with E-state index in [4.69, 9.17) is 0 Å². The van der Waals surface area contributed by atoms with Crippen molar-refractivity contribution in [1.82, 2.24) is 0 Å². The van der Waals surface area contributed by atoms with Gasteiger partial charge in [-0.15, -0.1) is 0 Å². The number of carbonyl (C=O) groups is 1. The minimum Gasteiger partial charge on any atom is -0.299 e. The summed E-state index contributed by atoms with van der Waals surface area (Å²) in [6, 6.07) is 6.93. The molecule has 3 aliphatic rings. The van der Waals surface area contributed by atoms with Crippen molar-refractivity contribution >= 4 is 5.78 Å². The zero-order valence-electron chi connectivity index (χ0n) is 12.2. The summed E-state index contributed by atoms with van der Waals surface area (Å²) < 4.78 is 0. The highest BCUT2D eigenvalue weighted by molar-refractivity contribution is 5.94. The third kappa shape index (κ3) is 1.52. The first-order chi connectivity index (χ1) is 9.74. The Morgan fingerprint density at radius 2 is 2.15 bits per heavy atom. The molecule has 2 bridgehead atoms. The van der Waals surface area contributed by atoms with Crippen molar-refractivity contribution in [3.05, 3.63) is 47.0 Å². The molecule has 3 aliphatic carbocycles. The molecule has 0 saturated heterocycles. The zero-order chi connectivity index (χ0) is 13.7. The van der Waals surface area contributed by atoms with E-state index in [0.29, 0.717) is 17.6 Å². The van der Waals surface area contributed by atoms with Gasteiger partial charge in [-0.2, -0.15) is 0 Å². The number of fused-ring (bicyclic) bond motifs is 5. The molecule has 1 aromatic rings. The highest BCUT2D eigenvalue weighted by Crippen LogP contribution is 2.56. The second-order valence-corrected chi connectivity index (χ2v) is 6.83. The van der Waals surface area contributed by atoms with Gasteiger partial charge >= 0.3 is 0 Å². The molecule has 1 aromatic carbocycles. The molecule has 4 rings (SSSR count). The number of benzene rings is 1. The van der Waals surface area contributed by atoms with Gasteiger partial charge in [-0.1, -0.05) is 43.7 Å². The van der Waals surface area contributed by atoms with Crippen LogP contribution < -0.4 is 0 Å². The van der Waals surface area contributed by atoms with Gasteiger partial charge in [-0.25, -0.2) is 0 Å². The molecule has 0 aliphatic heterocycles. The van der Waals surface area contributed by atoms with E-state index in [9.17, 15) is 4.79 Å². The lowest BCUT2D eigenvalue weighted by Crippen LogP contribution is -2.43. The fraction of sp³-hybridized carbons (Fsp3) is 0.526. The van der Waals surface area contributed by atoms with Crippen LogP contribution in [-0.4, -0.2) is 5.78 Å². The first kappa shape index (κ1) is 12.4. The van der Waals surface area contributed by atoms with Gasteiger partial charge in [0, 0.05) is 6.42 Å². The molecule has 1 spiro atoms. The minimum atomic E-state index is -0.156. The molecule has 0 heterocycles. The fourth-order valence-electron chi connectivity index (χ4n) is 4.81. The monoisotopic (exact) mass is 266 g/mol. The second-order valence-electron chi connectivity index (χ2n) is 6.83. The molecule has 0 aromatic heterocycles. The predicted octanol–water partition coefficient (Wildman–Crippen LogP) is 3.99. The van der Waals surface area contributed by atoms with Gasteiger partial charge in [0.25, 0.3) is 0 Å². The Labute approximate surface area is 121 Å². The smallest absolute Gasteiger partial charge is 0.144 e. The van der Waals surface area contributed by atoms with Crippen molar-refractivity contribution in [3.63, 3.8) is 0 Å². The molecule has 1 heteroatoms. The number of Topliss-reactive ketones (excluding diaryl/α,β-unsaturated/α-hetero) is 1. The van der Waals surface area contributed by atoms with Gasteiger partial charge in [0.1, 0.15) is 5.78 Å². The Hall–Kier alpha value is -1.37. The highest BCUT2D eigenvalue weighted by atomic mass is 16.1. The van der Waals surface area contributed by atoms with Gasteiger partial charge in [0.2, 0.25) is 0 Å². The van der Waals surface area contributed by atoms with Crippen LogP contribution in [0.4, 0.5) is 0 Å². The van der Waals surface area contributed by atoms with E-state index in [-0.39, 0.29) is 5.41 Å². The summed E-state index contributed by atoms with van der Waals surface area (Å²) in [6.45, 7) is 2.22. The normalized spacial score (nSPS) is 34.0. The van der Waals surface area contributed by atoms with Crippen LogP contribution >= 0.6 is 0 Å². The Kier molecular flexibility index (Phi) is 2.67. The number of hydrogen-bond donors (Lipinski definition) is 0. The Bertz CT molecular complexity index is 598. The summed E-state index contributed by atoms with van der Waals surface area (Å²) in [7, 11) is 0. The van der Waals surface area contributed by atoms with Crippen LogP contribution in [0.15, 0.2) is 30.4 Å². The molecule has 20 heavy (non-hydrogen) atoms. The number of aryl methyl sites for hydroxylation is 2. The van der Waals surface area contributed by atoms with Crippen molar-refractivity contribution in [2.45, 2.75) is 50.9 Å². The van der Waals surface area contributed by atoms with E-state index in [1.54, 1.807) is 0 Å². The lowest BCUT2D eigenvalue weighted by atomic mass is 9.62. The quantitative estimate of drug-likeness (QED) is 0.740. The first-order valence-electron chi connectivity index (χ1n) is 8.08. The van der Waals surface area contributed by atoms with Crippen molar-refractivity contribution in [2.75, 3.05) is 0 Å². The largest absolute Gasteiger partial charge is 0.299 e. The second kappa shape index (κ2) is 4.31. The zero-order valence-corrected chi connectivity index (χ0v) is 12.2. The third-order valence-corrected chi connectivity index (χ3v) is 5.70. The molecule has 1 saturated carbocycles. The van der Waals surface area contributed by atoms with Crippen LogP contribution in [0.5, 0.6) is 0 Å². The molecular formula is C19H22O. The summed E-state index contributed by atoms with van der Waals surface area (Å²) in [5.74, 6) is 1.62. The topological polar surface area (TPSA) is 17.1 Å². The Morgan fingerprint density at radius 1 is 1.25 bits per heavy atom. The number of rotatable bonds is 2. The Morgan fingerprint density at radius 3 is 2.85 bits per heavy atom. The summed E-state index contributed by atoms with van der Waals surface area (Å²) >= 11 is 0. The van der Waals surface area contributed by atoms with Crippen molar-refractivity contribution in [3.8, 4) is 0 Å². The first-order valence-corrected chi connectivity index (χ1v) is 8.08. The highest BCUT2D eigenvalue weighted by Gasteiger charge is 2.55. The summed E-state index contributed by atoms with van der Waals surface area (Å²) in [5, 5.41) is 0. The lowest BCUT2D eigenvalue weighted by molar-refractivity contribution is -0.126. The maximum atomic E-state index is 12.8. The fourth-order valence-corrected chi connectivity index (χ4v) is 4.81. The number of carbonyl (C=O) groups excluding carboxylic acids is 1. The summed E-state index contributed by atoms with van der Waals surface area (Å²) in [5.41, 5.74) is 4.07. The number of ketones is 1. The van der Waals surface area contributed by atoms with Gasteiger partial charge in [-0.05, 0) is 54.2 Å². The van der Waals surface area contributed by atoms with Gasteiger partial charge < -0.3 is 0 Å². The van der Waals surface area contributed by atoms with E-state index < -0.39 is 0 Å². The summed E-state index contributed by atoms with van der Waals surface area (Å²) in [4.78, 5) is 12.8. The van der Waals surface area contributed by atoms with Crippen LogP contribution in [0.3, 0.4) is 0 Å². The van der Waals surface area contributed by atoms with Gasteiger partial charge in [0.15, 0.2) is 0 Å². The van der Waals surface area contributed by atoms with Crippen LogP contribution in [-0.2, 0) is 23.1 Å². The summed E-state index contributed by atoms with van der Waals surface area (Å²) in [6.07, 6.45) is 10.9. The average molecular weight is 266 g/mol. The van der Waals surface area contributed by atoms with E-state index >= 15 is 0 Å². The third-order valence-electron chi connectivity index (χ3n) is 5.70. The van der Waals surface area contributed by atoms with Gasteiger partial charge in [-0.3, -0.25) is 4.79 Å². The number of allylic oxidation sites excluding steroid dienone is 2. The van der Waals surface area contributed by atoms with Crippen molar-refractivity contribution < 1.29 is 4.79 Å². The van der Waals surface area contributed by atoms with Crippen LogP contribution in [0.2, 0.25) is 0 Å². The minimum absolute atomic E-state index is 0.156. The SMILES string of the molecule is CCCc1ccc2c(c1)C1(CC3C=CC1C3)C(=O)CC2. The van der Waals surface area contributed by atoms with Crippen molar-refractivity contribution in [2.24, 2.45) is 11.8 Å². The van der Waals surface area contributed by atoms with E-state index in [0.717, 1.165) is 25.7 Å². The van der Waals surface area contributed by atoms with Crippen LogP contribution in [0.1, 0.15) is 49.3 Å². The molecule has 0 N–H and O–H groups in total.